The van der Waals surface area contributed by atoms with E-state index in [0.29, 0.717) is 0 Å². The third-order valence-electron chi connectivity index (χ3n) is 7.14. The summed E-state index contributed by atoms with van der Waals surface area (Å²) in [6, 6.07) is 10.7. The number of pyridine rings is 2. The first kappa shape index (κ1) is 31.8. The van der Waals surface area contributed by atoms with Crippen molar-refractivity contribution >= 4 is 33.4 Å². The first-order chi connectivity index (χ1) is 22.9. The molecule has 0 unspecified atom stereocenters. The Morgan fingerprint density at radius 2 is 0.854 bits per heavy atom. The van der Waals surface area contributed by atoms with Gasteiger partial charge >= 0.3 is 0 Å². The van der Waals surface area contributed by atoms with Crippen molar-refractivity contribution in [2.24, 2.45) is 0 Å². The van der Waals surface area contributed by atoms with E-state index >= 15 is 17.6 Å². The van der Waals surface area contributed by atoms with Gasteiger partial charge in [-0.05, 0) is 11.6 Å². The number of nitrogens with zero attached hydrogens (tertiary/aromatic N) is 9. The monoisotopic (exact) mass is 651 g/mol. The lowest BCUT2D eigenvalue weighted by Crippen LogP contribution is -2.07. The Balaban J connectivity index is 2.10. The van der Waals surface area contributed by atoms with E-state index in [1.54, 1.807) is 6.07 Å². The third kappa shape index (κ3) is 4.09. The maximum Gasteiger partial charge on any atom is 0.252 e. The summed E-state index contributed by atoms with van der Waals surface area (Å²) in [5.41, 5.74) is -15.3. The average Bonchev–Trinajstić information content (AvgIpc) is 3.56. The van der Waals surface area contributed by atoms with Crippen molar-refractivity contribution in [3.8, 4) is 42.5 Å². The van der Waals surface area contributed by atoms with Gasteiger partial charge in [-0.15, -0.1) is 0 Å². The van der Waals surface area contributed by atoms with E-state index in [1.807, 2.05) is 0 Å². The molecule has 3 aromatic rings. The van der Waals surface area contributed by atoms with Gasteiger partial charge in [-0.25, -0.2) is 17.6 Å². The average molecular weight is 651 g/mol. The molecule has 226 valence electrons. The Hall–Kier alpha value is -7.65. The van der Waals surface area contributed by atoms with Gasteiger partial charge < -0.3 is 0 Å². The van der Waals surface area contributed by atoms with Crippen molar-refractivity contribution in [1.82, 2.24) is 9.97 Å². The van der Waals surface area contributed by atoms with Crippen LogP contribution in [0.4, 0.5) is 35.1 Å². The van der Waals surface area contributed by atoms with Crippen LogP contribution >= 0.6 is 0 Å². The maximum atomic E-state index is 15.1. The van der Waals surface area contributed by atoms with Crippen molar-refractivity contribution in [1.29, 1.82) is 36.8 Å². The highest BCUT2D eigenvalue weighted by atomic mass is 19.2. The molecule has 0 radical (unpaired) electrons. The van der Waals surface area contributed by atoms with Gasteiger partial charge in [-0.3, -0.25) is 0 Å². The maximum absolute atomic E-state index is 15.1. The van der Waals surface area contributed by atoms with Crippen LogP contribution in [-0.4, -0.2) is 9.97 Å². The predicted octanol–water partition coefficient (Wildman–Crippen LogP) is 5.96. The highest BCUT2D eigenvalue weighted by Gasteiger charge is 2.43. The molecule has 0 fully saturated rings. The van der Waals surface area contributed by atoms with Crippen LogP contribution in [-0.2, 0) is 0 Å². The summed E-state index contributed by atoms with van der Waals surface area (Å²) in [7, 11) is 0. The fraction of sp³-hybridized carbons (Fsp3) is 0. The van der Waals surface area contributed by atoms with E-state index in [9.17, 15) is 54.4 Å². The molecule has 5 rings (SSSR count). The van der Waals surface area contributed by atoms with Gasteiger partial charge in [0.2, 0.25) is 0 Å². The first-order valence-corrected chi connectivity index (χ1v) is 12.3. The Morgan fingerprint density at radius 1 is 0.458 bits per heavy atom. The number of aromatic nitrogens is 2. The molecular formula is C31HF8N9. The van der Waals surface area contributed by atoms with Crippen LogP contribution in [0.1, 0.15) is 38.9 Å². The van der Waals surface area contributed by atoms with E-state index < -0.39 is 131 Å². The zero-order valence-electron chi connectivity index (χ0n) is 22.6. The number of halogens is 8. The molecule has 0 saturated carbocycles. The number of fused-ring (bicyclic) bond motifs is 2. The second kappa shape index (κ2) is 11.4. The molecule has 2 aromatic heterocycles. The zero-order chi connectivity index (χ0) is 35.4. The highest BCUT2D eigenvalue weighted by Crippen LogP contribution is 2.57. The minimum absolute atomic E-state index is 0.650. The van der Waals surface area contributed by atoms with Gasteiger partial charge in [-0.2, -0.15) is 64.4 Å². The number of nitriles is 7. The molecule has 0 N–H and O–H groups in total. The number of rotatable bonds is 2. The lowest BCUT2D eigenvalue weighted by molar-refractivity contribution is 0.404. The highest BCUT2D eigenvalue weighted by molar-refractivity contribution is 6.31. The van der Waals surface area contributed by atoms with Crippen molar-refractivity contribution in [3.63, 3.8) is 0 Å². The molecule has 0 bridgehead atoms. The standard InChI is InChI=1S/C31HF8N9/c32-24-22(25(33)29(37)47-28(24)36)20-13(6-44)11-1-12-16(9(2-40)3-41)21(23-26(34)30(38)48-31(39)27(23)35)15(8-46)18(12)14(7-45)19(11)17(20)10(4-42)5-43/h1H. The molecule has 2 aliphatic rings. The molecule has 0 aliphatic heterocycles. The number of benzene rings is 1. The Labute approximate surface area is 261 Å². The summed E-state index contributed by atoms with van der Waals surface area (Å²) in [5, 5.41) is 69.7. The molecule has 0 saturated heterocycles. The predicted molar refractivity (Wildman–Crippen MR) is 140 cm³/mol. The zero-order valence-corrected chi connectivity index (χ0v) is 22.6. The summed E-state index contributed by atoms with van der Waals surface area (Å²) in [6.07, 6.45) is 0. The third-order valence-corrected chi connectivity index (χ3v) is 7.14. The summed E-state index contributed by atoms with van der Waals surface area (Å²) in [5.74, 6) is -17.7. The van der Waals surface area contributed by atoms with Gasteiger partial charge in [0.05, 0.1) is 27.8 Å². The van der Waals surface area contributed by atoms with Crippen molar-refractivity contribution in [2.45, 2.75) is 0 Å². The Kier molecular flexibility index (Phi) is 7.52. The second-order valence-corrected chi connectivity index (χ2v) is 9.27. The van der Waals surface area contributed by atoms with Crippen LogP contribution in [0.5, 0.6) is 0 Å². The van der Waals surface area contributed by atoms with Crippen LogP contribution < -0.4 is 0 Å². The SMILES string of the molecule is N#CC(C#N)=C1C(c2c(F)c(F)nc(F)c2F)=C(C#N)c2c1cc1c(c2C#N)C(=C(C#N)C#N)C(c2c(F)c(F)nc(F)c2F)=C1C#N. The van der Waals surface area contributed by atoms with Crippen LogP contribution in [0.15, 0.2) is 17.2 Å². The fourth-order valence-corrected chi connectivity index (χ4v) is 5.40. The van der Waals surface area contributed by atoms with E-state index in [4.69, 9.17) is 0 Å². The van der Waals surface area contributed by atoms with Crippen LogP contribution in [0, 0.1) is 126 Å². The summed E-state index contributed by atoms with van der Waals surface area (Å²) in [4.78, 5) is 4.83. The van der Waals surface area contributed by atoms with Gasteiger partial charge in [-0.1, -0.05) is 0 Å². The molecule has 9 nitrogen and oxygen atoms in total. The lowest BCUT2D eigenvalue weighted by Gasteiger charge is -2.14. The van der Waals surface area contributed by atoms with Gasteiger partial charge in [0.1, 0.15) is 53.6 Å². The molecule has 0 amide bonds. The molecule has 0 atom stereocenters. The smallest absolute Gasteiger partial charge is 0.201 e. The van der Waals surface area contributed by atoms with E-state index in [-0.39, 0.29) is 0 Å². The minimum atomic E-state index is -2.22. The van der Waals surface area contributed by atoms with E-state index in [0.717, 1.165) is 6.07 Å². The number of allylic oxidation sites excluding steroid dienone is 8. The second-order valence-electron chi connectivity index (χ2n) is 9.27. The van der Waals surface area contributed by atoms with Crippen LogP contribution in [0.25, 0.3) is 33.4 Å². The summed E-state index contributed by atoms with van der Waals surface area (Å²) >= 11 is 0. The number of hydrogen-bond acceptors (Lipinski definition) is 9. The molecule has 2 aliphatic carbocycles. The van der Waals surface area contributed by atoms with Crippen LogP contribution in [0.3, 0.4) is 0 Å². The van der Waals surface area contributed by atoms with Gasteiger partial charge in [0.25, 0.3) is 23.8 Å². The largest absolute Gasteiger partial charge is 0.252 e. The van der Waals surface area contributed by atoms with Crippen molar-refractivity contribution < 1.29 is 35.1 Å². The molecule has 1 aromatic carbocycles. The lowest BCUT2D eigenvalue weighted by atomic mass is 9.86. The molecule has 48 heavy (non-hydrogen) atoms. The van der Waals surface area contributed by atoms with Gasteiger partial charge in [0.15, 0.2) is 23.3 Å². The summed E-state index contributed by atoms with van der Waals surface area (Å²) in [6.45, 7) is 0. The Bertz CT molecular complexity index is 2480. The van der Waals surface area contributed by atoms with Gasteiger partial charge in [0, 0.05) is 39.0 Å². The first-order valence-electron chi connectivity index (χ1n) is 12.3. The Morgan fingerprint density at radius 3 is 1.23 bits per heavy atom. The van der Waals surface area contributed by atoms with E-state index in [2.05, 4.69) is 9.97 Å². The number of hydrogen-bond donors (Lipinski definition) is 0. The molecule has 0 spiro atoms. The molecular weight excluding hydrogens is 650 g/mol. The quantitative estimate of drug-likeness (QED) is 0.183. The molecule has 17 heteroatoms. The molecule has 2 heterocycles. The van der Waals surface area contributed by atoms with Crippen molar-refractivity contribution in [2.75, 3.05) is 0 Å². The minimum Gasteiger partial charge on any atom is -0.201 e. The summed E-state index contributed by atoms with van der Waals surface area (Å²) < 4.78 is 118. The fourth-order valence-electron chi connectivity index (χ4n) is 5.40. The van der Waals surface area contributed by atoms with Crippen molar-refractivity contribution in [3.05, 3.63) is 103 Å². The normalized spacial score (nSPS) is 12.6. The van der Waals surface area contributed by atoms with E-state index in [1.165, 1.54) is 36.4 Å². The topological polar surface area (TPSA) is 192 Å². The van der Waals surface area contributed by atoms with Crippen LogP contribution in [0.2, 0.25) is 0 Å².